The fourth-order valence-electron chi connectivity index (χ4n) is 2.48. The van der Waals surface area contributed by atoms with E-state index in [9.17, 15) is 9.59 Å². The summed E-state index contributed by atoms with van der Waals surface area (Å²) in [6.07, 6.45) is 2.00. The highest BCUT2D eigenvalue weighted by atomic mass is 16.5. The maximum Gasteiger partial charge on any atom is 0.321 e. The average molecular weight is 290 g/mol. The van der Waals surface area contributed by atoms with Gasteiger partial charge in [-0.2, -0.15) is 0 Å². The van der Waals surface area contributed by atoms with Crippen molar-refractivity contribution in [3.63, 3.8) is 0 Å². The third kappa shape index (κ3) is 4.29. The molecular formula is C16H22N2O3. The van der Waals surface area contributed by atoms with Crippen LogP contribution in [0.25, 0.3) is 0 Å². The minimum absolute atomic E-state index is 0.0105. The van der Waals surface area contributed by atoms with E-state index in [-0.39, 0.29) is 17.9 Å². The van der Waals surface area contributed by atoms with Crippen molar-refractivity contribution in [2.45, 2.75) is 32.8 Å². The number of urea groups is 1. The van der Waals surface area contributed by atoms with Crippen LogP contribution in [0.3, 0.4) is 0 Å². The van der Waals surface area contributed by atoms with Gasteiger partial charge in [-0.15, -0.1) is 0 Å². The van der Waals surface area contributed by atoms with Crippen molar-refractivity contribution in [1.29, 1.82) is 0 Å². The Bertz CT molecular complexity index is 508. The van der Waals surface area contributed by atoms with Crippen molar-refractivity contribution < 1.29 is 14.3 Å². The number of ether oxygens (including phenoxy) is 1. The molecule has 0 bridgehead atoms. The predicted molar refractivity (Wildman–Crippen MR) is 81.7 cm³/mol. The second kappa shape index (κ2) is 7.22. The molecule has 1 aromatic rings. The molecule has 1 saturated heterocycles. The van der Waals surface area contributed by atoms with Crippen LogP contribution in [0.1, 0.15) is 37.0 Å². The Labute approximate surface area is 125 Å². The van der Waals surface area contributed by atoms with Crippen molar-refractivity contribution in [1.82, 2.24) is 4.90 Å². The second-order valence-corrected chi connectivity index (χ2v) is 5.21. The summed E-state index contributed by atoms with van der Waals surface area (Å²) < 4.78 is 5.58. The fraction of sp³-hybridized carbons (Fsp3) is 0.500. The first-order valence-corrected chi connectivity index (χ1v) is 7.38. The van der Waals surface area contributed by atoms with Gasteiger partial charge >= 0.3 is 6.03 Å². The molecule has 0 radical (unpaired) electrons. The Morgan fingerprint density at radius 1 is 1.33 bits per heavy atom. The molecule has 1 heterocycles. The number of benzene rings is 1. The molecule has 1 aliphatic rings. The molecule has 5 nitrogen and oxygen atoms in total. The summed E-state index contributed by atoms with van der Waals surface area (Å²) in [5, 5.41) is 2.85. The summed E-state index contributed by atoms with van der Waals surface area (Å²) in [5.74, 6) is -0.0105. The number of anilines is 1. The molecule has 1 aromatic carbocycles. The molecule has 1 fully saturated rings. The summed E-state index contributed by atoms with van der Waals surface area (Å²) in [6, 6.07) is 6.88. The zero-order valence-corrected chi connectivity index (χ0v) is 12.6. The van der Waals surface area contributed by atoms with Gasteiger partial charge in [-0.3, -0.25) is 4.79 Å². The maximum atomic E-state index is 12.2. The van der Waals surface area contributed by atoms with E-state index in [0.717, 1.165) is 12.8 Å². The maximum absolute atomic E-state index is 12.2. The SMILES string of the molecule is CCOC1CCN(C(=O)Nc2cccc(C(C)=O)c2)CC1. The van der Waals surface area contributed by atoms with Crippen LogP contribution < -0.4 is 5.32 Å². The minimum atomic E-state index is -0.120. The molecule has 2 rings (SSSR count). The number of likely N-dealkylation sites (tertiary alicyclic amines) is 1. The summed E-state index contributed by atoms with van der Waals surface area (Å²) >= 11 is 0. The van der Waals surface area contributed by atoms with Crippen LogP contribution in [0.15, 0.2) is 24.3 Å². The largest absolute Gasteiger partial charge is 0.378 e. The van der Waals surface area contributed by atoms with E-state index >= 15 is 0 Å². The van der Waals surface area contributed by atoms with Gasteiger partial charge in [0.1, 0.15) is 0 Å². The lowest BCUT2D eigenvalue weighted by molar-refractivity contribution is 0.0232. The topological polar surface area (TPSA) is 58.6 Å². The fourth-order valence-corrected chi connectivity index (χ4v) is 2.48. The van der Waals surface area contributed by atoms with Crippen LogP contribution in [-0.2, 0) is 4.74 Å². The Morgan fingerprint density at radius 3 is 2.67 bits per heavy atom. The molecule has 21 heavy (non-hydrogen) atoms. The second-order valence-electron chi connectivity index (χ2n) is 5.21. The van der Waals surface area contributed by atoms with Crippen molar-refractivity contribution in [2.75, 3.05) is 25.0 Å². The Balaban J connectivity index is 1.90. The predicted octanol–water partition coefficient (Wildman–Crippen LogP) is 2.92. The highest BCUT2D eigenvalue weighted by molar-refractivity contribution is 5.96. The molecule has 1 aliphatic heterocycles. The lowest BCUT2D eigenvalue weighted by atomic mass is 10.1. The summed E-state index contributed by atoms with van der Waals surface area (Å²) in [7, 11) is 0. The summed E-state index contributed by atoms with van der Waals surface area (Å²) in [4.78, 5) is 25.3. The Morgan fingerprint density at radius 2 is 2.05 bits per heavy atom. The highest BCUT2D eigenvalue weighted by Gasteiger charge is 2.22. The summed E-state index contributed by atoms with van der Waals surface area (Å²) in [6.45, 7) is 5.61. The van der Waals surface area contributed by atoms with Gasteiger partial charge in [0.2, 0.25) is 0 Å². The number of piperidine rings is 1. The van der Waals surface area contributed by atoms with E-state index in [1.54, 1.807) is 29.2 Å². The number of hydrogen-bond donors (Lipinski definition) is 1. The molecular weight excluding hydrogens is 268 g/mol. The Kier molecular flexibility index (Phi) is 5.33. The first-order chi connectivity index (χ1) is 10.1. The molecule has 0 atom stereocenters. The lowest BCUT2D eigenvalue weighted by Crippen LogP contribution is -2.43. The van der Waals surface area contributed by atoms with Gasteiger partial charge in [0.15, 0.2) is 5.78 Å². The van der Waals surface area contributed by atoms with Crippen LogP contribution in [-0.4, -0.2) is 42.5 Å². The number of rotatable bonds is 4. The van der Waals surface area contributed by atoms with Gasteiger partial charge < -0.3 is 15.0 Å². The highest BCUT2D eigenvalue weighted by Crippen LogP contribution is 2.16. The van der Waals surface area contributed by atoms with Crippen molar-refractivity contribution in [3.8, 4) is 0 Å². The number of amides is 2. The van der Waals surface area contributed by atoms with E-state index in [1.165, 1.54) is 6.92 Å². The first-order valence-electron chi connectivity index (χ1n) is 7.38. The molecule has 0 aromatic heterocycles. The van der Waals surface area contributed by atoms with E-state index in [1.807, 2.05) is 6.92 Å². The third-order valence-corrected chi connectivity index (χ3v) is 3.65. The zero-order valence-electron chi connectivity index (χ0n) is 12.6. The third-order valence-electron chi connectivity index (χ3n) is 3.65. The average Bonchev–Trinajstić information content (AvgIpc) is 2.48. The monoisotopic (exact) mass is 290 g/mol. The van der Waals surface area contributed by atoms with Gasteiger partial charge in [0, 0.05) is 30.9 Å². The number of hydrogen-bond acceptors (Lipinski definition) is 3. The molecule has 1 N–H and O–H groups in total. The van der Waals surface area contributed by atoms with Gasteiger partial charge in [-0.1, -0.05) is 12.1 Å². The van der Waals surface area contributed by atoms with Crippen molar-refractivity contribution >= 4 is 17.5 Å². The number of nitrogens with one attached hydrogen (secondary N) is 1. The Hall–Kier alpha value is -1.88. The van der Waals surface area contributed by atoms with E-state index in [0.29, 0.717) is 30.9 Å². The van der Waals surface area contributed by atoms with Crippen LogP contribution in [0.4, 0.5) is 10.5 Å². The number of carbonyl (C=O) groups excluding carboxylic acids is 2. The van der Waals surface area contributed by atoms with E-state index in [4.69, 9.17) is 4.74 Å². The molecule has 5 heteroatoms. The lowest BCUT2D eigenvalue weighted by Gasteiger charge is -2.31. The smallest absolute Gasteiger partial charge is 0.321 e. The quantitative estimate of drug-likeness (QED) is 0.867. The van der Waals surface area contributed by atoms with E-state index < -0.39 is 0 Å². The number of nitrogens with zero attached hydrogens (tertiary/aromatic N) is 1. The number of ketones is 1. The van der Waals surface area contributed by atoms with Gasteiger partial charge in [-0.05, 0) is 38.8 Å². The van der Waals surface area contributed by atoms with Gasteiger partial charge in [0.05, 0.1) is 6.10 Å². The molecule has 0 unspecified atom stereocenters. The van der Waals surface area contributed by atoms with Crippen LogP contribution in [0.2, 0.25) is 0 Å². The summed E-state index contributed by atoms with van der Waals surface area (Å²) in [5.41, 5.74) is 1.25. The van der Waals surface area contributed by atoms with Crippen molar-refractivity contribution in [2.24, 2.45) is 0 Å². The first kappa shape index (κ1) is 15.5. The molecule has 2 amide bonds. The number of carbonyl (C=O) groups is 2. The van der Waals surface area contributed by atoms with E-state index in [2.05, 4.69) is 5.32 Å². The van der Waals surface area contributed by atoms with Crippen LogP contribution in [0.5, 0.6) is 0 Å². The molecule has 114 valence electrons. The van der Waals surface area contributed by atoms with Crippen LogP contribution >= 0.6 is 0 Å². The normalized spacial score (nSPS) is 15.8. The molecule has 0 spiro atoms. The zero-order chi connectivity index (χ0) is 15.2. The van der Waals surface area contributed by atoms with Gasteiger partial charge in [-0.25, -0.2) is 4.79 Å². The molecule has 0 aliphatic carbocycles. The van der Waals surface area contributed by atoms with Crippen molar-refractivity contribution in [3.05, 3.63) is 29.8 Å². The minimum Gasteiger partial charge on any atom is -0.378 e. The molecule has 0 saturated carbocycles. The standard InChI is InChI=1S/C16H22N2O3/c1-3-21-15-7-9-18(10-8-15)16(20)17-14-6-4-5-13(11-14)12(2)19/h4-6,11,15H,3,7-10H2,1-2H3,(H,17,20). The number of Topliss-reactive ketones (excluding diaryl/α,β-unsaturated/α-hetero) is 1. The van der Waals surface area contributed by atoms with Crippen LogP contribution in [0, 0.1) is 0 Å². The van der Waals surface area contributed by atoms with Gasteiger partial charge in [0.25, 0.3) is 0 Å².